The number of amides is 1. The van der Waals surface area contributed by atoms with Gasteiger partial charge in [-0.05, 0) is 48.0 Å². The molecular formula is C27H25N3O6. The fourth-order valence-electron chi connectivity index (χ4n) is 3.75. The summed E-state index contributed by atoms with van der Waals surface area (Å²) in [6, 6.07) is 17.4. The van der Waals surface area contributed by atoms with Crippen molar-refractivity contribution in [1.82, 2.24) is 10.4 Å². The number of carbonyl (C=O) groups is 1. The molecule has 1 amide bonds. The van der Waals surface area contributed by atoms with E-state index in [0.717, 1.165) is 0 Å². The van der Waals surface area contributed by atoms with Crippen LogP contribution in [0.15, 0.2) is 65.8 Å². The van der Waals surface area contributed by atoms with Crippen molar-refractivity contribution < 1.29 is 28.8 Å². The number of phenols is 1. The Morgan fingerprint density at radius 3 is 2.22 bits per heavy atom. The Hall–Kier alpha value is -4.79. The van der Waals surface area contributed by atoms with Crippen LogP contribution >= 0.6 is 0 Å². The van der Waals surface area contributed by atoms with Gasteiger partial charge in [0, 0.05) is 10.9 Å². The highest BCUT2D eigenvalue weighted by atomic mass is 16.5. The smallest absolute Gasteiger partial charge is 0.272 e. The lowest BCUT2D eigenvalue weighted by Crippen LogP contribution is -2.18. The van der Waals surface area contributed by atoms with E-state index in [-0.39, 0.29) is 5.75 Å². The van der Waals surface area contributed by atoms with Crippen molar-refractivity contribution in [3.63, 3.8) is 0 Å². The van der Waals surface area contributed by atoms with Crippen LogP contribution in [0.3, 0.4) is 0 Å². The second-order valence-electron chi connectivity index (χ2n) is 7.62. The Morgan fingerprint density at radius 1 is 0.889 bits per heavy atom. The maximum absolute atomic E-state index is 13.2. The number of phenolic OH excluding ortho intramolecular Hbond substituents is 1. The lowest BCUT2D eigenvalue weighted by molar-refractivity contribution is 0.0956. The Labute approximate surface area is 207 Å². The molecule has 0 bridgehead atoms. The van der Waals surface area contributed by atoms with Crippen LogP contribution in [0.1, 0.15) is 15.9 Å². The van der Waals surface area contributed by atoms with E-state index < -0.39 is 5.91 Å². The Morgan fingerprint density at radius 2 is 1.58 bits per heavy atom. The minimum Gasteiger partial charge on any atom is -0.504 e. The van der Waals surface area contributed by atoms with Crippen molar-refractivity contribution >= 4 is 23.0 Å². The maximum atomic E-state index is 13.2. The number of aromatic nitrogens is 1. The fourth-order valence-corrected chi connectivity index (χ4v) is 3.75. The van der Waals surface area contributed by atoms with Crippen LogP contribution in [0, 0.1) is 0 Å². The second kappa shape index (κ2) is 10.6. The average molecular weight is 488 g/mol. The van der Waals surface area contributed by atoms with Crippen LogP contribution in [0.4, 0.5) is 0 Å². The number of nitrogens with one attached hydrogen (secondary N) is 1. The summed E-state index contributed by atoms with van der Waals surface area (Å²) >= 11 is 0. The molecule has 0 aliphatic heterocycles. The summed E-state index contributed by atoms with van der Waals surface area (Å²) in [4.78, 5) is 17.9. The van der Waals surface area contributed by atoms with E-state index >= 15 is 0 Å². The van der Waals surface area contributed by atoms with Crippen molar-refractivity contribution in [2.24, 2.45) is 5.10 Å². The fraction of sp³-hybridized carbons (Fsp3) is 0.148. The summed E-state index contributed by atoms with van der Waals surface area (Å²) in [5.74, 6) is 1.31. The Kier molecular flexibility index (Phi) is 7.20. The van der Waals surface area contributed by atoms with E-state index in [1.807, 2.05) is 24.3 Å². The number of nitrogens with zero attached hydrogens (tertiary/aromatic N) is 2. The van der Waals surface area contributed by atoms with Gasteiger partial charge in [0.1, 0.15) is 0 Å². The van der Waals surface area contributed by atoms with Gasteiger partial charge < -0.3 is 24.1 Å². The number of hydrogen-bond donors (Lipinski definition) is 2. The SMILES string of the molecule is COc1ccc(/C=N/NC(=O)c2cc(-c3cc(OC)c(OC)c(OC)c3)nc3ccccc23)cc1O. The number of benzene rings is 3. The average Bonchev–Trinajstić information content (AvgIpc) is 2.91. The quantitative estimate of drug-likeness (QED) is 0.280. The molecule has 1 aromatic heterocycles. The number of fused-ring (bicyclic) bond motifs is 1. The summed E-state index contributed by atoms with van der Waals surface area (Å²) in [5, 5.41) is 14.7. The molecule has 0 fully saturated rings. The highest BCUT2D eigenvalue weighted by molar-refractivity contribution is 6.07. The Balaban J connectivity index is 1.71. The summed E-state index contributed by atoms with van der Waals surface area (Å²) in [5.41, 5.74) is 5.39. The molecule has 2 N–H and O–H groups in total. The predicted molar refractivity (Wildman–Crippen MR) is 137 cm³/mol. The topological polar surface area (TPSA) is 112 Å². The maximum Gasteiger partial charge on any atom is 0.272 e. The lowest BCUT2D eigenvalue weighted by Gasteiger charge is -2.15. The molecule has 0 aliphatic carbocycles. The van der Waals surface area contributed by atoms with Crippen LogP contribution < -0.4 is 24.4 Å². The standard InChI is InChI=1S/C27H25N3O6/c1-33-23-10-9-16(11-22(23)31)15-28-30-27(32)19-14-21(29-20-8-6-5-7-18(19)20)17-12-24(34-2)26(36-4)25(13-17)35-3/h5-15,31H,1-4H3,(H,30,32)/b28-15+. The van der Waals surface area contributed by atoms with Crippen molar-refractivity contribution in [2.45, 2.75) is 0 Å². The molecule has 9 heteroatoms. The Bertz CT molecular complexity index is 1430. The predicted octanol–water partition coefficient (Wildman–Crippen LogP) is 4.41. The van der Waals surface area contributed by atoms with Crippen LogP contribution in [0.25, 0.3) is 22.2 Å². The van der Waals surface area contributed by atoms with E-state index in [1.165, 1.54) is 40.7 Å². The monoisotopic (exact) mass is 487 g/mol. The minimum absolute atomic E-state index is 0.0251. The third kappa shape index (κ3) is 4.85. The van der Waals surface area contributed by atoms with Crippen molar-refractivity contribution in [2.75, 3.05) is 28.4 Å². The van der Waals surface area contributed by atoms with Crippen molar-refractivity contribution in [3.8, 4) is 40.0 Å². The van der Waals surface area contributed by atoms with Crippen molar-refractivity contribution in [3.05, 3.63) is 71.8 Å². The molecule has 0 atom stereocenters. The number of methoxy groups -OCH3 is 4. The van der Waals surface area contributed by atoms with Crippen LogP contribution in [0.5, 0.6) is 28.7 Å². The molecule has 36 heavy (non-hydrogen) atoms. The van der Waals surface area contributed by atoms with Gasteiger partial charge in [0.25, 0.3) is 5.91 Å². The first kappa shape index (κ1) is 24.3. The van der Waals surface area contributed by atoms with Crippen LogP contribution in [-0.2, 0) is 0 Å². The molecule has 9 nitrogen and oxygen atoms in total. The third-order valence-electron chi connectivity index (χ3n) is 5.50. The number of hydrogen-bond acceptors (Lipinski definition) is 8. The first-order chi connectivity index (χ1) is 17.5. The van der Waals surface area contributed by atoms with E-state index in [1.54, 1.807) is 30.3 Å². The highest BCUT2D eigenvalue weighted by Crippen LogP contribution is 2.41. The minimum atomic E-state index is -0.420. The zero-order valence-corrected chi connectivity index (χ0v) is 20.2. The first-order valence-corrected chi connectivity index (χ1v) is 10.9. The number of rotatable bonds is 8. The molecule has 0 unspecified atom stereocenters. The van der Waals surface area contributed by atoms with E-state index in [4.69, 9.17) is 23.9 Å². The van der Waals surface area contributed by atoms with E-state index in [9.17, 15) is 9.90 Å². The number of pyridine rings is 1. The molecular weight excluding hydrogens is 462 g/mol. The van der Waals surface area contributed by atoms with E-state index in [2.05, 4.69) is 10.5 Å². The molecule has 0 saturated heterocycles. The van der Waals surface area contributed by atoms with Crippen LogP contribution in [0.2, 0.25) is 0 Å². The molecule has 0 spiro atoms. The molecule has 0 aliphatic rings. The van der Waals surface area contributed by atoms with Gasteiger partial charge in [0.05, 0.1) is 51.4 Å². The van der Waals surface area contributed by atoms with Crippen molar-refractivity contribution in [1.29, 1.82) is 0 Å². The molecule has 4 aromatic rings. The summed E-state index contributed by atoms with van der Waals surface area (Å²) in [6.07, 6.45) is 1.43. The van der Waals surface area contributed by atoms with Gasteiger partial charge in [-0.15, -0.1) is 0 Å². The van der Waals surface area contributed by atoms with Gasteiger partial charge in [0.15, 0.2) is 23.0 Å². The zero-order valence-electron chi connectivity index (χ0n) is 20.2. The largest absolute Gasteiger partial charge is 0.504 e. The molecule has 184 valence electrons. The number of carbonyl (C=O) groups excluding carboxylic acids is 1. The first-order valence-electron chi connectivity index (χ1n) is 10.9. The zero-order chi connectivity index (χ0) is 25.7. The molecule has 0 saturated carbocycles. The number of hydrazone groups is 1. The highest BCUT2D eigenvalue weighted by Gasteiger charge is 2.18. The second-order valence-corrected chi connectivity index (χ2v) is 7.62. The summed E-state index contributed by atoms with van der Waals surface area (Å²) in [6.45, 7) is 0. The molecule has 1 heterocycles. The molecule has 3 aromatic carbocycles. The normalized spacial score (nSPS) is 10.9. The van der Waals surface area contributed by atoms with Gasteiger partial charge in [0.2, 0.25) is 5.75 Å². The van der Waals surface area contributed by atoms with E-state index in [0.29, 0.717) is 56.3 Å². The summed E-state index contributed by atoms with van der Waals surface area (Å²) in [7, 11) is 6.07. The van der Waals surface area contributed by atoms with Gasteiger partial charge in [-0.3, -0.25) is 4.79 Å². The molecule has 4 rings (SSSR count). The number of para-hydroxylation sites is 1. The summed E-state index contributed by atoms with van der Waals surface area (Å²) < 4.78 is 21.4. The van der Waals surface area contributed by atoms with Crippen LogP contribution in [-0.4, -0.2) is 50.7 Å². The van der Waals surface area contributed by atoms with Gasteiger partial charge in [-0.25, -0.2) is 10.4 Å². The van der Waals surface area contributed by atoms with Gasteiger partial charge in [-0.1, -0.05) is 18.2 Å². The number of aromatic hydroxyl groups is 1. The lowest BCUT2D eigenvalue weighted by atomic mass is 10.0. The number of ether oxygens (including phenoxy) is 4. The third-order valence-corrected chi connectivity index (χ3v) is 5.50. The molecule has 0 radical (unpaired) electrons. The van der Waals surface area contributed by atoms with Gasteiger partial charge >= 0.3 is 0 Å². The van der Waals surface area contributed by atoms with Gasteiger partial charge in [-0.2, -0.15) is 5.10 Å².